The van der Waals surface area contributed by atoms with Crippen LogP contribution >= 0.6 is 0 Å². The van der Waals surface area contributed by atoms with Crippen molar-refractivity contribution in [1.29, 1.82) is 0 Å². The molecule has 6 heteroatoms. The highest BCUT2D eigenvalue weighted by Gasteiger charge is 2.26. The average Bonchev–Trinajstić information content (AvgIpc) is 2.40. The summed E-state index contributed by atoms with van der Waals surface area (Å²) in [6.45, 7) is 2.64. The molecular formula is C13H25NO5. The maximum Gasteiger partial charge on any atom is 0.187 e. The number of quaternary nitrogens is 1. The van der Waals surface area contributed by atoms with Gasteiger partial charge in [-0.3, -0.25) is 4.48 Å². The fraction of sp³-hybridized carbons (Fsp3) is 0.769. The highest BCUT2D eigenvalue weighted by atomic mass is 16.5. The molecule has 0 aromatic heterocycles. The number of nitrogens with zero attached hydrogens (tertiary/aromatic N) is 1. The molecule has 0 amide bonds. The van der Waals surface area contributed by atoms with Crippen LogP contribution in [-0.4, -0.2) is 54.0 Å². The van der Waals surface area contributed by atoms with Gasteiger partial charge in [0.15, 0.2) is 20.2 Å². The highest BCUT2D eigenvalue weighted by molar-refractivity contribution is 5.65. The zero-order valence-electron chi connectivity index (χ0n) is 11.4. The molecule has 0 aliphatic carbocycles. The van der Waals surface area contributed by atoms with Crippen molar-refractivity contribution >= 4 is 5.97 Å². The highest BCUT2D eigenvalue weighted by Crippen LogP contribution is 2.06. The normalized spacial score (nSPS) is 11.5. The van der Waals surface area contributed by atoms with Crippen molar-refractivity contribution in [3.8, 4) is 0 Å². The Labute approximate surface area is 114 Å². The predicted molar refractivity (Wildman–Crippen MR) is 68.4 cm³/mol. The molecule has 19 heavy (non-hydrogen) atoms. The van der Waals surface area contributed by atoms with E-state index in [2.05, 4.69) is 6.58 Å². The Kier molecular flexibility index (Phi) is 10.4. The van der Waals surface area contributed by atoms with Gasteiger partial charge in [-0.1, -0.05) is 18.9 Å². The molecule has 0 aliphatic heterocycles. The Balaban J connectivity index is 3.75. The summed E-state index contributed by atoms with van der Waals surface area (Å²) in [6.07, 6.45) is 7.04. The molecule has 0 bridgehead atoms. The first-order chi connectivity index (χ1) is 9.10. The lowest BCUT2D eigenvalue weighted by molar-refractivity contribution is -0.972. The average molecular weight is 275 g/mol. The minimum Gasteiger partial charge on any atom is -0.544 e. The Morgan fingerprint density at radius 3 is 2.37 bits per heavy atom. The van der Waals surface area contributed by atoms with Crippen LogP contribution in [0.4, 0.5) is 0 Å². The van der Waals surface area contributed by atoms with Crippen LogP contribution in [0, 0.1) is 0 Å². The molecule has 0 atom stereocenters. The van der Waals surface area contributed by atoms with Crippen LogP contribution in [0.25, 0.3) is 0 Å². The van der Waals surface area contributed by atoms with Gasteiger partial charge in [-0.15, -0.1) is 6.58 Å². The third kappa shape index (κ3) is 8.72. The summed E-state index contributed by atoms with van der Waals surface area (Å²) in [5.74, 6) is -1.32. The van der Waals surface area contributed by atoms with E-state index in [4.69, 9.17) is 14.9 Å². The number of hydrogen-bond acceptors (Lipinski definition) is 5. The first-order valence-electron chi connectivity index (χ1n) is 6.55. The maximum atomic E-state index is 10.6. The monoisotopic (exact) mass is 275 g/mol. The number of rotatable bonds is 13. The summed E-state index contributed by atoms with van der Waals surface area (Å²) in [7, 11) is 0. The molecule has 6 nitrogen and oxygen atoms in total. The van der Waals surface area contributed by atoms with E-state index in [1.54, 1.807) is 0 Å². The maximum absolute atomic E-state index is 10.6. The topological polar surface area (TPSA) is 89.8 Å². The fourth-order valence-corrected chi connectivity index (χ4v) is 1.65. The van der Waals surface area contributed by atoms with Gasteiger partial charge in [-0.2, -0.15) is 0 Å². The molecule has 0 saturated heterocycles. The lowest BCUT2D eigenvalue weighted by Gasteiger charge is -2.33. The van der Waals surface area contributed by atoms with E-state index in [0.717, 1.165) is 32.1 Å². The summed E-state index contributed by atoms with van der Waals surface area (Å²) in [6, 6.07) is 0. The van der Waals surface area contributed by atoms with Crippen LogP contribution in [0.3, 0.4) is 0 Å². The first-order valence-corrected chi connectivity index (χ1v) is 6.55. The van der Waals surface area contributed by atoms with Gasteiger partial charge in [0.2, 0.25) is 0 Å². The second-order valence-corrected chi connectivity index (χ2v) is 4.68. The fourth-order valence-electron chi connectivity index (χ4n) is 1.65. The number of aliphatic carboxylic acids is 1. The number of allylic oxidation sites excluding steroid dienone is 1. The largest absolute Gasteiger partial charge is 0.544 e. The number of aliphatic hydroxyl groups excluding tert-OH is 2. The van der Waals surface area contributed by atoms with E-state index < -0.39 is 30.5 Å². The number of carboxylic acids is 1. The molecule has 2 N–H and O–H groups in total. The third-order valence-corrected chi connectivity index (χ3v) is 2.88. The van der Waals surface area contributed by atoms with E-state index in [1.165, 1.54) is 0 Å². The Bertz CT molecular complexity index is 253. The number of carbonyl (C=O) groups excluding carboxylic acids is 1. The van der Waals surface area contributed by atoms with Gasteiger partial charge in [-0.25, -0.2) is 0 Å². The van der Waals surface area contributed by atoms with E-state index in [1.807, 2.05) is 6.08 Å². The standard InChI is InChI=1S/C13H25NO5/c1-2-3-4-5-6-7-8-19-12-14(10-15,11-16)9-13(17)18/h2,15-16H,1,3-12H2. The summed E-state index contributed by atoms with van der Waals surface area (Å²) in [4.78, 5) is 10.6. The van der Waals surface area contributed by atoms with E-state index in [-0.39, 0.29) is 6.73 Å². The molecule has 112 valence electrons. The van der Waals surface area contributed by atoms with Crippen LogP contribution in [0.15, 0.2) is 12.7 Å². The summed E-state index contributed by atoms with van der Waals surface area (Å²) >= 11 is 0. The summed E-state index contributed by atoms with van der Waals surface area (Å²) < 4.78 is 4.88. The predicted octanol–water partition coefficient (Wildman–Crippen LogP) is -0.437. The van der Waals surface area contributed by atoms with Crippen molar-refractivity contribution < 1.29 is 29.3 Å². The Morgan fingerprint density at radius 1 is 1.21 bits per heavy atom. The van der Waals surface area contributed by atoms with Crippen LogP contribution in [-0.2, 0) is 9.53 Å². The SMILES string of the molecule is C=CCCCCCCOC[N+](CO)(CO)CC(=O)[O-]. The molecule has 0 aromatic carbocycles. The van der Waals surface area contributed by atoms with Gasteiger partial charge in [0, 0.05) is 0 Å². The van der Waals surface area contributed by atoms with Crippen molar-refractivity contribution in [2.75, 3.05) is 33.3 Å². The van der Waals surface area contributed by atoms with Crippen molar-refractivity contribution in [1.82, 2.24) is 0 Å². The molecule has 0 rings (SSSR count). The summed E-state index contributed by atoms with van der Waals surface area (Å²) in [5.41, 5.74) is 0. The summed E-state index contributed by atoms with van der Waals surface area (Å²) in [5, 5.41) is 28.9. The van der Waals surface area contributed by atoms with Gasteiger partial charge in [0.1, 0.15) is 6.54 Å². The molecule has 0 radical (unpaired) electrons. The molecule has 0 heterocycles. The van der Waals surface area contributed by atoms with Crippen molar-refractivity contribution in [3.63, 3.8) is 0 Å². The lowest BCUT2D eigenvalue weighted by atomic mass is 10.1. The number of carbonyl (C=O) groups is 1. The van der Waals surface area contributed by atoms with Crippen molar-refractivity contribution in [2.45, 2.75) is 32.1 Å². The van der Waals surface area contributed by atoms with Gasteiger partial charge >= 0.3 is 0 Å². The number of carboxylic acid groups (broad SMARTS) is 1. The molecule has 0 aromatic rings. The van der Waals surface area contributed by atoms with Gasteiger partial charge in [-0.05, 0) is 19.3 Å². The number of aliphatic hydroxyl groups is 2. The first kappa shape index (κ1) is 18.0. The smallest absolute Gasteiger partial charge is 0.187 e. The van der Waals surface area contributed by atoms with Crippen LogP contribution < -0.4 is 5.11 Å². The molecular weight excluding hydrogens is 250 g/mol. The lowest BCUT2D eigenvalue weighted by Crippen LogP contribution is -2.56. The van der Waals surface area contributed by atoms with Gasteiger partial charge in [0.25, 0.3) is 0 Å². The van der Waals surface area contributed by atoms with Crippen molar-refractivity contribution in [2.24, 2.45) is 0 Å². The molecule has 0 spiro atoms. The zero-order valence-corrected chi connectivity index (χ0v) is 11.4. The van der Waals surface area contributed by atoms with E-state index >= 15 is 0 Å². The Hall–Kier alpha value is -0.950. The third-order valence-electron chi connectivity index (χ3n) is 2.88. The molecule has 0 aliphatic rings. The Morgan fingerprint density at radius 2 is 1.84 bits per heavy atom. The molecule has 0 fully saturated rings. The second kappa shape index (κ2) is 10.9. The quantitative estimate of drug-likeness (QED) is 0.206. The van der Waals surface area contributed by atoms with Crippen LogP contribution in [0.5, 0.6) is 0 Å². The van der Waals surface area contributed by atoms with E-state index in [9.17, 15) is 9.90 Å². The number of ether oxygens (including phenoxy) is 1. The minimum atomic E-state index is -1.32. The number of hydrogen-bond donors (Lipinski definition) is 2. The van der Waals surface area contributed by atoms with Gasteiger partial charge in [0.05, 0.1) is 12.6 Å². The van der Waals surface area contributed by atoms with Crippen LogP contribution in [0.1, 0.15) is 32.1 Å². The second-order valence-electron chi connectivity index (χ2n) is 4.68. The number of unbranched alkanes of at least 4 members (excludes halogenated alkanes) is 4. The molecule has 0 saturated carbocycles. The van der Waals surface area contributed by atoms with Crippen LogP contribution in [0.2, 0.25) is 0 Å². The minimum absolute atomic E-state index is 0.0341. The van der Waals surface area contributed by atoms with E-state index in [0.29, 0.717) is 6.61 Å². The zero-order chi connectivity index (χ0) is 14.6. The van der Waals surface area contributed by atoms with Gasteiger partial charge < -0.3 is 24.9 Å². The molecule has 0 unspecified atom stereocenters. The van der Waals surface area contributed by atoms with Crippen molar-refractivity contribution in [3.05, 3.63) is 12.7 Å².